The standard InChI is InChI=1S/C15H24N2O8/c1-2-12(19)16(17-13(20)3-4-14(17)21)15(22)11-25-10-9-24-8-7-23-6-5-18/h3-4,15,18,22H,2,5-11H2,1H3. The molecule has 0 bridgehead atoms. The third kappa shape index (κ3) is 6.88. The van der Waals surface area contributed by atoms with Crippen molar-refractivity contribution in [2.45, 2.75) is 19.6 Å². The largest absolute Gasteiger partial charge is 0.394 e. The molecule has 3 amide bonds. The zero-order valence-electron chi connectivity index (χ0n) is 14.1. The summed E-state index contributed by atoms with van der Waals surface area (Å²) >= 11 is 0. The molecule has 0 spiro atoms. The van der Waals surface area contributed by atoms with Crippen molar-refractivity contribution in [2.75, 3.05) is 46.2 Å². The molecular weight excluding hydrogens is 336 g/mol. The molecule has 0 aliphatic carbocycles. The smallest absolute Gasteiger partial charge is 0.272 e. The Morgan fingerprint density at radius 1 is 1.08 bits per heavy atom. The van der Waals surface area contributed by atoms with E-state index in [0.717, 1.165) is 12.2 Å². The zero-order valence-corrected chi connectivity index (χ0v) is 14.1. The van der Waals surface area contributed by atoms with Crippen molar-refractivity contribution in [3.05, 3.63) is 12.2 Å². The first-order valence-electron chi connectivity index (χ1n) is 7.93. The number of aliphatic hydroxyl groups is 2. The van der Waals surface area contributed by atoms with Crippen molar-refractivity contribution in [3.8, 4) is 0 Å². The van der Waals surface area contributed by atoms with Gasteiger partial charge in [-0.15, -0.1) is 0 Å². The fraction of sp³-hybridized carbons (Fsp3) is 0.667. The first-order chi connectivity index (χ1) is 12.0. The predicted octanol–water partition coefficient (Wildman–Crippen LogP) is -1.57. The topological polar surface area (TPSA) is 126 Å². The van der Waals surface area contributed by atoms with Crippen molar-refractivity contribution in [1.82, 2.24) is 10.0 Å². The Kier molecular flexibility index (Phi) is 9.88. The minimum atomic E-state index is -1.48. The number of imide groups is 1. The van der Waals surface area contributed by atoms with Gasteiger partial charge in [0.1, 0.15) is 0 Å². The molecule has 0 aromatic heterocycles. The second-order valence-electron chi connectivity index (χ2n) is 4.92. The summed E-state index contributed by atoms with van der Waals surface area (Å²) in [5.74, 6) is -1.98. The van der Waals surface area contributed by atoms with Gasteiger partial charge in [-0.05, 0) is 0 Å². The van der Waals surface area contributed by atoms with Gasteiger partial charge < -0.3 is 24.4 Å². The van der Waals surface area contributed by atoms with Gasteiger partial charge in [-0.1, -0.05) is 6.92 Å². The lowest BCUT2D eigenvalue weighted by atomic mass is 10.4. The minimum Gasteiger partial charge on any atom is -0.394 e. The lowest BCUT2D eigenvalue weighted by Crippen LogP contribution is -2.56. The van der Waals surface area contributed by atoms with Gasteiger partial charge in [0.15, 0.2) is 6.23 Å². The number of aliphatic hydroxyl groups excluding tert-OH is 2. The number of carbonyl (C=O) groups excluding carboxylic acids is 3. The Bertz CT molecular complexity index is 464. The van der Waals surface area contributed by atoms with E-state index in [0.29, 0.717) is 23.2 Å². The van der Waals surface area contributed by atoms with Crippen LogP contribution in [0.4, 0.5) is 0 Å². The number of rotatable bonds is 13. The molecule has 0 aromatic carbocycles. The van der Waals surface area contributed by atoms with E-state index < -0.39 is 23.9 Å². The molecule has 2 N–H and O–H groups in total. The third-order valence-electron chi connectivity index (χ3n) is 3.09. The number of hydrazine groups is 1. The van der Waals surface area contributed by atoms with Gasteiger partial charge in [0.05, 0.1) is 46.2 Å². The number of nitrogens with zero attached hydrogens (tertiary/aromatic N) is 2. The van der Waals surface area contributed by atoms with E-state index in [1.807, 2.05) is 0 Å². The van der Waals surface area contributed by atoms with Gasteiger partial charge in [0.25, 0.3) is 11.8 Å². The molecule has 0 saturated heterocycles. The molecule has 10 nitrogen and oxygen atoms in total. The Morgan fingerprint density at radius 2 is 1.60 bits per heavy atom. The monoisotopic (exact) mass is 360 g/mol. The second kappa shape index (κ2) is 11.7. The Labute approximate surface area is 145 Å². The highest BCUT2D eigenvalue weighted by Gasteiger charge is 2.36. The number of ether oxygens (including phenoxy) is 3. The van der Waals surface area contributed by atoms with E-state index in [4.69, 9.17) is 19.3 Å². The van der Waals surface area contributed by atoms with Crippen LogP contribution in [0.3, 0.4) is 0 Å². The van der Waals surface area contributed by atoms with Gasteiger partial charge >= 0.3 is 0 Å². The van der Waals surface area contributed by atoms with Gasteiger partial charge in [0, 0.05) is 18.6 Å². The molecule has 142 valence electrons. The quantitative estimate of drug-likeness (QED) is 0.229. The van der Waals surface area contributed by atoms with Crippen molar-refractivity contribution < 1.29 is 38.8 Å². The molecule has 1 atom stereocenters. The lowest BCUT2D eigenvalue weighted by molar-refractivity contribution is -0.192. The van der Waals surface area contributed by atoms with Crippen molar-refractivity contribution in [2.24, 2.45) is 0 Å². The molecule has 1 heterocycles. The molecular formula is C15H24N2O8. The van der Waals surface area contributed by atoms with Gasteiger partial charge in [-0.3, -0.25) is 14.4 Å². The summed E-state index contributed by atoms with van der Waals surface area (Å²) in [7, 11) is 0. The molecule has 1 aliphatic rings. The van der Waals surface area contributed by atoms with E-state index >= 15 is 0 Å². The van der Waals surface area contributed by atoms with E-state index in [1.54, 1.807) is 6.92 Å². The summed E-state index contributed by atoms with van der Waals surface area (Å²) in [6.07, 6.45) is 0.579. The predicted molar refractivity (Wildman–Crippen MR) is 83.7 cm³/mol. The molecule has 0 aromatic rings. The number of carbonyl (C=O) groups is 3. The average molecular weight is 360 g/mol. The molecule has 1 rings (SSSR count). The Balaban J connectivity index is 2.34. The van der Waals surface area contributed by atoms with Crippen molar-refractivity contribution >= 4 is 17.7 Å². The summed E-state index contributed by atoms with van der Waals surface area (Å²) < 4.78 is 15.4. The highest BCUT2D eigenvalue weighted by molar-refractivity contribution is 6.13. The first kappa shape index (κ1) is 21.2. The minimum absolute atomic E-state index is 0.00503. The SMILES string of the molecule is CCC(=O)N(C(O)COCCOCCOCCO)N1C(=O)C=CC1=O. The maximum Gasteiger partial charge on any atom is 0.272 e. The molecule has 0 radical (unpaired) electrons. The highest BCUT2D eigenvalue weighted by atomic mass is 16.5. The van der Waals surface area contributed by atoms with Crippen LogP contribution in [0.1, 0.15) is 13.3 Å². The normalized spacial score (nSPS) is 15.1. The molecule has 10 heteroatoms. The van der Waals surface area contributed by atoms with E-state index in [1.165, 1.54) is 0 Å². The zero-order chi connectivity index (χ0) is 18.7. The van der Waals surface area contributed by atoms with Crippen LogP contribution in [0.15, 0.2) is 12.2 Å². The van der Waals surface area contributed by atoms with Crippen LogP contribution in [0.25, 0.3) is 0 Å². The van der Waals surface area contributed by atoms with Crippen LogP contribution < -0.4 is 0 Å². The maximum absolute atomic E-state index is 12.0. The van der Waals surface area contributed by atoms with Gasteiger partial charge in [0.2, 0.25) is 5.91 Å². The van der Waals surface area contributed by atoms with Gasteiger partial charge in [-0.25, -0.2) is 5.01 Å². The molecule has 0 fully saturated rings. The van der Waals surface area contributed by atoms with Gasteiger partial charge in [-0.2, -0.15) is 5.01 Å². The third-order valence-corrected chi connectivity index (χ3v) is 3.09. The summed E-state index contributed by atoms with van der Waals surface area (Å²) in [6.45, 7) is 2.51. The van der Waals surface area contributed by atoms with Crippen LogP contribution in [-0.2, 0) is 28.6 Å². The van der Waals surface area contributed by atoms with Crippen molar-refractivity contribution in [3.63, 3.8) is 0 Å². The van der Waals surface area contributed by atoms with Crippen LogP contribution in [0.2, 0.25) is 0 Å². The van der Waals surface area contributed by atoms with E-state index in [9.17, 15) is 19.5 Å². The fourth-order valence-corrected chi connectivity index (χ4v) is 1.94. The fourth-order valence-electron chi connectivity index (χ4n) is 1.94. The highest BCUT2D eigenvalue weighted by Crippen LogP contribution is 2.13. The number of hydrogen-bond donors (Lipinski definition) is 2. The number of amides is 3. The summed E-state index contributed by atoms with van der Waals surface area (Å²) in [6, 6.07) is 0. The molecule has 1 unspecified atom stereocenters. The molecule has 0 saturated carbocycles. The van der Waals surface area contributed by atoms with Crippen molar-refractivity contribution in [1.29, 1.82) is 0 Å². The van der Waals surface area contributed by atoms with Crippen LogP contribution in [0, 0.1) is 0 Å². The Hall–Kier alpha value is -1.85. The maximum atomic E-state index is 12.0. The number of hydrogen-bond acceptors (Lipinski definition) is 8. The summed E-state index contributed by atoms with van der Waals surface area (Å²) in [5, 5.41) is 19.9. The summed E-state index contributed by atoms with van der Waals surface area (Å²) in [5.41, 5.74) is 0. The molecule has 25 heavy (non-hydrogen) atoms. The van der Waals surface area contributed by atoms with Crippen LogP contribution in [-0.4, -0.2) is 90.4 Å². The van der Waals surface area contributed by atoms with E-state index in [-0.39, 0.29) is 39.5 Å². The second-order valence-corrected chi connectivity index (χ2v) is 4.92. The lowest BCUT2D eigenvalue weighted by Gasteiger charge is -2.33. The van der Waals surface area contributed by atoms with Crippen LogP contribution in [0.5, 0.6) is 0 Å². The average Bonchev–Trinajstić information content (AvgIpc) is 2.92. The molecule has 1 aliphatic heterocycles. The first-order valence-corrected chi connectivity index (χ1v) is 7.93. The van der Waals surface area contributed by atoms with E-state index in [2.05, 4.69) is 0 Å². The summed E-state index contributed by atoms with van der Waals surface area (Å²) in [4.78, 5) is 35.4. The Morgan fingerprint density at radius 3 is 2.12 bits per heavy atom. The van der Waals surface area contributed by atoms with Crippen LogP contribution >= 0.6 is 0 Å².